The van der Waals surface area contributed by atoms with E-state index in [2.05, 4.69) is 26.2 Å². The summed E-state index contributed by atoms with van der Waals surface area (Å²) in [6.07, 6.45) is 8.14. The van der Waals surface area contributed by atoms with Crippen LogP contribution in [0, 0.1) is 5.82 Å². The van der Waals surface area contributed by atoms with Crippen molar-refractivity contribution in [1.29, 1.82) is 0 Å². The van der Waals surface area contributed by atoms with Crippen LogP contribution >= 0.6 is 15.9 Å². The number of sulfonamides is 1. The summed E-state index contributed by atoms with van der Waals surface area (Å²) in [7, 11) is -4.03. The molecule has 0 radical (unpaired) electrons. The van der Waals surface area contributed by atoms with Crippen LogP contribution < -0.4 is 10.2 Å². The number of nitrogens with one attached hydrogen (secondary N) is 1. The van der Waals surface area contributed by atoms with Crippen molar-refractivity contribution < 1.29 is 31.5 Å². The van der Waals surface area contributed by atoms with E-state index in [0.717, 1.165) is 67.3 Å². The van der Waals surface area contributed by atoms with Gasteiger partial charge in [0.15, 0.2) is 6.29 Å². The number of aromatic nitrogens is 2. The van der Waals surface area contributed by atoms with Crippen molar-refractivity contribution in [3.8, 4) is 0 Å². The van der Waals surface area contributed by atoms with Gasteiger partial charge in [-0.3, -0.25) is 9.69 Å². The van der Waals surface area contributed by atoms with E-state index in [1.165, 1.54) is 12.1 Å². The van der Waals surface area contributed by atoms with Crippen LogP contribution in [-0.4, -0.2) is 78.9 Å². The van der Waals surface area contributed by atoms with Crippen molar-refractivity contribution >= 4 is 43.6 Å². The Bertz CT molecular complexity index is 1590. The molecule has 2 aliphatic carbocycles. The first-order valence-electron chi connectivity index (χ1n) is 16.4. The summed E-state index contributed by atoms with van der Waals surface area (Å²) in [4.78, 5) is 24.5. The molecule has 7 rings (SSSR count). The van der Waals surface area contributed by atoms with Gasteiger partial charge in [0.1, 0.15) is 17.8 Å². The number of halogens is 3. The number of hydrogen-bond acceptors (Lipinski definition) is 8. The van der Waals surface area contributed by atoms with Gasteiger partial charge in [-0.25, -0.2) is 22.2 Å². The van der Waals surface area contributed by atoms with Crippen LogP contribution in [0.4, 0.5) is 20.5 Å². The third-order valence-electron chi connectivity index (χ3n) is 10.2. The largest absolute Gasteiger partial charge is 0.353 e. The lowest BCUT2D eigenvalue weighted by molar-refractivity contribution is -0.193. The minimum absolute atomic E-state index is 0.00594. The molecule has 5 aliphatic rings. The normalized spacial score (nSPS) is 30.3. The number of carbonyl (C=O) groups is 1. The first-order chi connectivity index (χ1) is 22.1. The number of hydrogen-bond donors (Lipinski definition) is 1. The van der Waals surface area contributed by atoms with Gasteiger partial charge in [0.25, 0.3) is 0 Å². The molecule has 250 valence electrons. The maximum Gasteiger partial charge on any atom is 0.243 e. The lowest BCUT2D eigenvalue weighted by Crippen LogP contribution is -2.50. The first-order valence-corrected chi connectivity index (χ1v) is 18.7. The van der Waals surface area contributed by atoms with E-state index < -0.39 is 33.5 Å². The van der Waals surface area contributed by atoms with E-state index in [4.69, 9.17) is 14.5 Å². The molecule has 1 N–H and O–H groups in total. The van der Waals surface area contributed by atoms with Crippen molar-refractivity contribution in [2.24, 2.45) is 0 Å². The van der Waals surface area contributed by atoms with Crippen molar-refractivity contribution in [2.45, 2.75) is 117 Å². The van der Waals surface area contributed by atoms with Gasteiger partial charge in [-0.05, 0) is 89.3 Å². The van der Waals surface area contributed by atoms with Crippen LogP contribution in [0.1, 0.15) is 87.1 Å². The highest BCUT2D eigenvalue weighted by Gasteiger charge is 2.61. The van der Waals surface area contributed by atoms with Crippen LogP contribution in [0.2, 0.25) is 0 Å². The number of alkyl halides is 2. The van der Waals surface area contributed by atoms with Crippen LogP contribution in [0.5, 0.6) is 0 Å². The van der Waals surface area contributed by atoms with Gasteiger partial charge in [0.05, 0.1) is 22.5 Å². The Morgan fingerprint density at radius 3 is 2.72 bits per heavy atom. The Morgan fingerprint density at radius 1 is 1.17 bits per heavy atom. The summed E-state index contributed by atoms with van der Waals surface area (Å²) in [6, 6.07) is 2.85. The zero-order valence-corrected chi connectivity index (χ0v) is 28.2. The van der Waals surface area contributed by atoms with Gasteiger partial charge in [-0.2, -0.15) is 9.29 Å². The molecule has 4 fully saturated rings. The molecule has 46 heavy (non-hydrogen) atoms. The second-order valence-electron chi connectivity index (χ2n) is 13.3. The standard InChI is InChI=1S/C32H40BrF2N5O5S/c1-19(33)23-16-22(8-9-25(23)34)46(42,43)39-13-10-27(26(35)18-39)37-31-36-17-24-29(38-31)40(30(41)32(24)11-12-32)20-5-4-6-21(15-20)45-28-7-2-3-14-44-28/h8-9,16-17,19-21,26-28H,2-7,10-15,18H2,1H3,(H,36,37,38)/t19?,20-,21-,26-,27+,28?/m1/s1. The maximum atomic E-state index is 15.6. The van der Waals surface area contributed by atoms with Crippen molar-refractivity contribution in [1.82, 2.24) is 14.3 Å². The fraction of sp³-hybridized carbons (Fsp3) is 0.656. The summed E-state index contributed by atoms with van der Waals surface area (Å²) in [6.45, 7) is 2.14. The Morgan fingerprint density at radius 2 is 2.00 bits per heavy atom. The van der Waals surface area contributed by atoms with Crippen LogP contribution in [0.25, 0.3) is 0 Å². The third kappa shape index (κ3) is 5.97. The Balaban J connectivity index is 1.05. The molecular weight excluding hydrogens is 684 g/mol. The van der Waals surface area contributed by atoms with E-state index >= 15 is 4.39 Å². The first kappa shape index (κ1) is 32.3. The van der Waals surface area contributed by atoms with E-state index in [0.29, 0.717) is 18.8 Å². The van der Waals surface area contributed by atoms with Crippen molar-refractivity contribution in [3.63, 3.8) is 0 Å². The molecule has 3 aliphatic heterocycles. The molecule has 1 amide bonds. The third-order valence-corrected chi connectivity index (χ3v) is 12.5. The number of nitrogens with zero attached hydrogens (tertiary/aromatic N) is 4. The molecule has 2 saturated heterocycles. The maximum absolute atomic E-state index is 15.6. The van der Waals surface area contributed by atoms with Gasteiger partial charge in [0, 0.05) is 47.9 Å². The highest BCUT2D eigenvalue weighted by Crippen LogP contribution is 2.57. The molecule has 2 saturated carbocycles. The van der Waals surface area contributed by atoms with E-state index in [9.17, 15) is 17.6 Å². The number of carbonyl (C=O) groups excluding carboxylic acids is 1. The number of benzene rings is 1. The fourth-order valence-corrected chi connectivity index (χ4v) is 9.27. The van der Waals surface area contributed by atoms with Gasteiger partial charge in [0.2, 0.25) is 21.9 Å². The Hall–Kier alpha value is -2.26. The van der Waals surface area contributed by atoms with E-state index in [1.807, 2.05) is 4.90 Å². The SMILES string of the molecule is CC(Br)c1cc(S(=O)(=O)N2CC[C@H](Nc3ncc4c(n3)N([C@@H]3CCC[C@@H](OC5CCCCO5)C3)C(=O)C43CC3)[C@H](F)C2)ccc1F. The molecule has 2 aromatic rings. The highest BCUT2D eigenvalue weighted by atomic mass is 79.9. The number of ether oxygens (including phenoxy) is 2. The quantitative estimate of drug-likeness (QED) is 0.355. The second kappa shape index (κ2) is 12.6. The second-order valence-corrected chi connectivity index (χ2v) is 16.6. The summed E-state index contributed by atoms with van der Waals surface area (Å²) in [5.41, 5.74) is 0.484. The molecule has 2 unspecified atom stereocenters. The molecule has 14 heteroatoms. The van der Waals surface area contributed by atoms with Gasteiger partial charge in [-0.1, -0.05) is 15.9 Å². The number of piperidine rings is 1. The highest BCUT2D eigenvalue weighted by molar-refractivity contribution is 9.09. The number of anilines is 2. The average molecular weight is 725 g/mol. The van der Waals surface area contributed by atoms with Crippen LogP contribution in [0.15, 0.2) is 29.3 Å². The molecule has 0 bridgehead atoms. The molecule has 6 atom stereocenters. The average Bonchev–Trinajstić information content (AvgIpc) is 3.81. The summed E-state index contributed by atoms with van der Waals surface area (Å²) >= 11 is 3.30. The molecular formula is C32H40BrF2N5O5S. The van der Waals surface area contributed by atoms with Crippen LogP contribution in [-0.2, 0) is 29.7 Å². The van der Waals surface area contributed by atoms with Crippen molar-refractivity contribution in [2.75, 3.05) is 29.9 Å². The monoisotopic (exact) mass is 723 g/mol. The number of amides is 1. The summed E-state index contributed by atoms with van der Waals surface area (Å²) < 4.78 is 69.7. The van der Waals surface area contributed by atoms with Gasteiger partial charge < -0.3 is 14.8 Å². The Labute approximate surface area is 276 Å². The number of fused-ring (bicyclic) bond motifs is 2. The van der Waals surface area contributed by atoms with E-state index in [-0.39, 0.29) is 65.1 Å². The number of rotatable bonds is 8. The molecule has 10 nitrogen and oxygen atoms in total. The summed E-state index contributed by atoms with van der Waals surface area (Å²) in [5, 5.41) is 3.10. The van der Waals surface area contributed by atoms with Gasteiger partial charge >= 0.3 is 0 Å². The lowest BCUT2D eigenvalue weighted by Gasteiger charge is -2.37. The molecule has 1 aromatic heterocycles. The van der Waals surface area contributed by atoms with Gasteiger partial charge in [-0.15, -0.1) is 0 Å². The molecule has 4 heterocycles. The van der Waals surface area contributed by atoms with E-state index in [1.54, 1.807) is 13.1 Å². The Kier molecular flexibility index (Phi) is 8.88. The molecule has 1 spiro atoms. The fourth-order valence-electron chi connectivity index (χ4n) is 7.42. The smallest absolute Gasteiger partial charge is 0.243 e. The lowest BCUT2D eigenvalue weighted by atomic mass is 9.91. The topological polar surface area (TPSA) is 114 Å². The minimum Gasteiger partial charge on any atom is -0.353 e. The predicted octanol–water partition coefficient (Wildman–Crippen LogP) is 5.52. The zero-order chi connectivity index (χ0) is 32.2. The predicted molar refractivity (Wildman–Crippen MR) is 171 cm³/mol. The van der Waals surface area contributed by atoms with Crippen molar-refractivity contribution in [3.05, 3.63) is 41.3 Å². The van der Waals surface area contributed by atoms with Crippen LogP contribution in [0.3, 0.4) is 0 Å². The molecule has 1 aromatic carbocycles. The zero-order valence-electron chi connectivity index (χ0n) is 25.8. The minimum atomic E-state index is -4.03. The summed E-state index contributed by atoms with van der Waals surface area (Å²) in [5.74, 6) is 0.353.